The van der Waals surface area contributed by atoms with E-state index in [1.54, 1.807) is 0 Å². The van der Waals surface area contributed by atoms with Crippen LogP contribution in [0.4, 0.5) is 0 Å². The Morgan fingerprint density at radius 1 is 1.32 bits per heavy atom. The summed E-state index contributed by atoms with van der Waals surface area (Å²) in [5, 5.41) is 7.65. The van der Waals surface area contributed by atoms with Crippen LogP contribution in [0.25, 0.3) is 0 Å². The Kier molecular flexibility index (Phi) is 4.80. The van der Waals surface area contributed by atoms with Crippen LogP contribution in [0.3, 0.4) is 0 Å². The average molecular weight is 260 g/mol. The SMILES string of the molecule is CC(C)CNCc1ccn(CCc2ccnn2C)c1. The summed E-state index contributed by atoms with van der Waals surface area (Å²) in [6.45, 7) is 7.49. The molecule has 2 rings (SSSR count). The number of rotatable bonds is 7. The molecule has 0 atom stereocenters. The van der Waals surface area contributed by atoms with E-state index in [1.807, 2.05) is 17.9 Å². The number of nitrogens with zero attached hydrogens (tertiary/aromatic N) is 3. The number of nitrogens with one attached hydrogen (secondary N) is 1. The van der Waals surface area contributed by atoms with Crippen LogP contribution < -0.4 is 5.32 Å². The van der Waals surface area contributed by atoms with Gasteiger partial charge in [-0.25, -0.2) is 0 Å². The lowest BCUT2D eigenvalue weighted by molar-refractivity contribution is 0.551. The number of hydrogen-bond donors (Lipinski definition) is 1. The van der Waals surface area contributed by atoms with Crippen LogP contribution in [0, 0.1) is 5.92 Å². The van der Waals surface area contributed by atoms with Gasteiger partial charge in [-0.15, -0.1) is 0 Å². The van der Waals surface area contributed by atoms with Crippen LogP contribution >= 0.6 is 0 Å². The Labute approximate surface area is 115 Å². The molecule has 2 aromatic heterocycles. The fourth-order valence-electron chi connectivity index (χ4n) is 2.13. The van der Waals surface area contributed by atoms with Gasteiger partial charge in [-0.05, 0) is 30.2 Å². The van der Waals surface area contributed by atoms with Crippen LogP contribution in [0.15, 0.2) is 30.7 Å². The molecule has 0 saturated heterocycles. The first-order valence-electron chi connectivity index (χ1n) is 6.97. The Balaban J connectivity index is 1.79. The number of aryl methyl sites for hydroxylation is 3. The van der Waals surface area contributed by atoms with Crippen LogP contribution in [0.2, 0.25) is 0 Å². The van der Waals surface area contributed by atoms with Crippen molar-refractivity contribution >= 4 is 0 Å². The molecule has 2 heterocycles. The first kappa shape index (κ1) is 13.9. The van der Waals surface area contributed by atoms with Gasteiger partial charge in [-0.3, -0.25) is 4.68 Å². The third-order valence-electron chi connectivity index (χ3n) is 3.24. The zero-order valence-corrected chi connectivity index (χ0v) is 12.1. The van der Waals surface area contributed by atoms with Gasteiger partial charge in [0.15, 0.2) is 0 Å². The molecule has 0 radical (unpaired) electrons. The predicted molar refractivity (Wildman–Crippen MR) is 77.9 cm³/mol. The van der Waals surface area contributed by atoms with Gasteiger partial charge in [0, 0.05) is 50.8 Å². The number of aromatic nitrogens is 3. The van der Waals surface area contributed by atoms with Crippen molar-refractivity contribution in [1.29, 1.82) is 0 Å². The van der Waals surface area contributed by atoms with E-state index < -0.39 is 0 Å². The van der Waals surface area contributed by atoms with Gasteiger partial charge in [0.2, 0.25) is 0 Å². The maximum atomic E-state index is 4.19. The van der Waals surface area contributed by atoms with Crippen molar-refractivity contribution in [2.24, 2.45) is 13.0 Å². The molecular weight excluding hydrogens is 236 g/mol. The maximum Gasteiger partial charge on any atom is 0.0492 e. The minimum absolute atomic E-state index is 0.701. The van der Waals surface area contributed by atoms with Gasteiger partial charge in [0.25, 0.3) is 0 Å². The monoisotopic (exact) mass is 260 g/mol. The van der Waals surface area contributed by atoms with Gasteiger partial charge in [0.1, 0.15) is 0 Å². The molecule has 1 N–H and O–H groups in total. The molecule has 19 heavy (non-hydrogen) atoms. The highest BCUT2D eigenvalue weighted by molar-refractivity contribution is 5.10. The summed E-state index contributed by atoms with van der Waals surface area (Å²) in [7, 11) is 1.99. The summed E-state index contributed by atoms with van der Waals surface area (Å²) >= 11 is 0. The third kappa shape index (κ3) is 4.24. The average Bonchev–Trinajstić information content (AvgIpc) is 2.95. The van der Waals surface area contributed by atoms with Crippen molar-refractivity contribution in [3.63, 3.8) is 0 Å². The second-order valence-electron chi connectivity index (χ2n) is 5.48. The smallest absolute Gasteiger partial charge is 0.0492 e. The Hall–Kier alpha value is -1.55. The second-order valence-corrected chi connectivity index (χ2v) is 5.48. The van der Waals surface area contributed by atoms with E-state index in [4.69, 9.17) is 0 Å². The Morgan fingerprint density at radius 2 is 2.16 bits per heavy atom. The summed E-state index contributed by atoms with van der Waals surface area (Å²) in [6, 6.07) is 4.27. The molecule has 0 saturated carbocycles. The normalized spacial score (nSPS) is 11.4. The molecule has 0 spiro atoms. The van der Waals surface area contributed by atoms with Crippen LogP contribution in [0.5, 0.6) is 0 Å². The summed E-state index contributed by atoms with van der Waals surface area (Å²) in [5.41, 5.74) is 2.62. The highest BCUT2D eigenvalue weighted by Crippen LogP contribution is 2.05. The molecule has 0 aliphatic rings. The summed E-state index contributed by atoms with van der Waals surface area (Å²) in [6.07, 6.45) is 7.25. The highest BCUT2D eigenvalue weighted by Gasteiger charge is 2.01. The lowest BCUT2D eigenvalue weighted by Gasteiger charge is -2.06. The van der Waals surface area contributed by atoms with E-state index in [-0.39, 0.29) is 0 Å². The molecular formula is C15H24N4. The first-order chi connectivity index (χ1) is 9.15. The molecule has 2 aromatic rings. The molecule has 0 aliphatic carbocycles. The molecule has 0 fully saturated rings. The summed E-state index contributed by atoms with van der Waals surface area (Å²) in [5.74, 6) is 0.701. The van der Waals surface area contributed by atoms with E-state index in [0.717, 1.165) is 26.1 Å². The van der Waals surface area contributed by atoms with Gasteiger partial charge < -0.3 is 9.88 Å². The van der Waals surface area contributed by atoms with E-state index in [2.05, 4.69) is 53.4 Å². The molecule has 0 unspecified atom stereocenters. The Morgan fingerprint density at radius 3 is 2.84 bits per heavy atom. The minimum atomic E-state index is 0.701. The van der Waals surface area contributed by atoms with E-state index in [1.165, 1.54) is 11.3 Å². The molecule has 0 amide bonds. The Bertz CT molecular complexity index is 496. The quantitative estimate of drug-likeness (QED) is 0.828. The lowest BCUT2D eigenvalue weighted by Crippen LogP contribution is -2.18. The second kappa shape index (κ2) is 6.57. The molecule has 4 nitrogen and oxygen atoms in total. The topological polar surface area (TPSA) is 34.8 Å². The van der Waals surface area contributed by atoms with Crippen molar-refractivity contribution in [3.05, 3.63) is 42.0 Å². The largest absolute Gasteiger partial charge is 0.354 e. The first-order valence-corrected chi connectivity index (χ1v) is 6.97. The maximum absolute atomic E-state index is 4.19. The van der Waals surface area contributed by atoms with Crippen LogP contribution in [0.1, 0.15) is 25.1 Å². The molecule has 0 bridgehead atoms. The predicted octanol–water partition coefficient (Wildman–Crippen LogP) is 2.21. The zero-order chi connectivity index (χ0) is 13.7. The summed E-state index contributed by atoms with van der Waals surface area (Å²) < 4.78 is 4.19. The molecule has 0 aliphatic heterocycles. The van der Waals surface area contributed by atoms with E-state index in [9.17, 15) is 0 Å². The van der Waals surface area contributed by atoms with Crippen molar-refractivity contribution < 1.29 is 0 Å². The van der Waals surface area contributed by atoms with Crippen molar-refractivity contribution in [2.45, 2.75) is 33.4 Å². The minimum Gasteiger partial charge on any atom is -0.354 e. The van der Waals surface area contributed by atoms with Gasteiger partial charge in [-0.2, -0.15) is 5.10 Å². The fraction of sp³-hybridized carbons (Fsp3) is 0.533. The van der Waals surface area contributed by atoms with Crippen molar-refractivity contribution in [2.75, 3.05) is 6.54 Å². The van der Waals surface area contributed by atoms with Gasteiger partial charge in [0.05, 0.1) is 0 Å². The van der Waals surface area contributed by atoms with E-state index in [0.29, 0.717) is 5.92 Å². The van der Waals surface area contributed by atoms with E-state index >= 15 is 0 Å². The van der Waals surface area contributed by atoms with Gasteiger partial charge >= 0.3 is 0 Å². The molecule has 4 heteroatoms. The van der Waals surface area contributed by atoms with Crippen LogP contribution in [-0.4, -0.2) is 20.9 Å². The third-order valence-corrected chi connectivity index (χ3v) is 3.24. The lowest BCUT2D eigenvalue weighted by atomic mass is 10.2. The summed E-state index contributed by atoms with van der Waals surface area (Å²) in [4.78, 5) is 0. The molecule has 104 valence electrons. The molecule has 0 aromatic carbocycles. The highest BCUT2D eigenvalue weighted by atomic mass is 15.3. The number of hydrogen-bond acceptors (Lipinski definition) is 2. The van der Waals surface area contributed by atoms with Gasteiger partial charge in [-0.1, -0.05) is 13.8 Å². The van der Waals surface area contributed by atoms with Crippen molar-refractivity contribution in [3.8, 4) is 0 Å². The van der Waals surface area contributed by atoms with Crippen LogP contribution in [-0.2, 0) is 26.6 Å². The zero-order valence-electron chi connectivity index (χ0n) is 12.1. The van der Waals surface area contributed by atoms with Crippen molar-refractivity contribution in [1.82, 2.24) is 19.7 Å². The standard InChI is InChI=1S/C15H24N4/c1-13(2)10-16-11-14-5-8-19(12-14)9-6-15-4-7-17-18(15)3/h4-5,7-8,12-13,16H,6,9-11H2,1-3H3. The fourth-order valence-corrected chi connectivity index (χ4v) is 2.13.